The summed E-state index contributed by atoms with van der Waals surface area (Å²) in [4.78, 5) is 27.8. The van der Waals surface area contributed by atoms with E-state index in [1.54, 1.807) is 22.8 Å². The molecule has 0 amide bonds. The van der Waals surface area contributed by atoms with E-state index in [0.717, 1.165) is 30.4 Å². The minimum absolute atomic E-state index is 0.0315. The fourth-order valence-corrected chi connectivity index (χ4v) is 4.89. The van der Waals surface area contributed by atoms with Crippen LogP contribution in [0.25, 0.3) is 33.1 Å². The first-order valence-corrected chi connectivity index (χ1v) is 10.6. The van der Waals surface area contributed by atoms with E-state index in [9.17, 15) is 19.1 Å². The number of carboxylic acid groups (broad SMARTS) is 1. The molecule has 0 fully saturated rings. The summed E-state index contributed by atoms with van der Waals surface area (Å²) < 4.78 is 16.5. The van der Waals surface area contributed by atoms with Gasteiger partial charge in [-0.1, -0.05) is 0 Å². The summed E-state index contributed by atoms with van der Waals surface area (Å²) in [6, 6.07) is 10.1. The second-order valence-corrected chi connectivity index (χ2v) is 8.28. The van der Waals surface area contributed by atoms with Gasteiger partial charge < -0.3 is 14.7 Å². The van der Waals surface area contributed by atoms with Crippen LogP contribution in [0.15, 0.2) is 47.4 Å². The molecule has 3 aromatic heterocycles. The molecule has 2 aromatic carbocycles. The Balaban J connectivity index is 1.67. The number of pyridine rings is 1. The van der Waals surface area contributed by atoms with Crippen LogP contribution < -0.4 is 5.56 Å². The second kappa shape index (κ2) is 7.13. The number of hydrogen-bond acceptors (Lipinski definition) is 4. The predicted molar refractivity (Wildman–Crippen MR) is 120 cm³/mol. The van der Waals surface area contributed by atoms with Crippen LogP contribution in [0.1, 0.15) is 33.6 Å². The molecule has 1 aliphatic rings. The number of benzene rings is 2. The highest BCUT2D eigenvalue weighted by Crippen LogP contribution is 2.38. The van der Waals surface area contributed by atoms with Crippen molar-refractivity contribution < 1.29 is 14.3 Å². The van der Waals surface area contributed by atoms with Crippen LogP contribution in [0.5, 0.6) is 0 Å². The molecule has 164 valence electrons. The van der Waals surface area contributed by atoms with Gasteiger partial charge >= 0.3 is 5.97 Å². The zero-order chi connectivity index (χ0) is 22.7. The van der Waals surface area contributed by atoms with Crippen LogP contribution in [-0.2, 0) is 19.4 Å². The smallest absolute Gasteiger partial charge is 0.353 e. The summed E-state index contributed by atoms with van der Waals surface area (Å²) in [5, 5.41) is 21.3. The highest BCUT2D eigenvalue weighted by atomic mass is 19.1. The maximum atomic E-state index is 14.9. The Bertz CT molecular complexity index is 1650. The van der Waals surface area contributed by atoms with Crippen LogP contribution in [0.2, 0.25) is 0 Å². The van der Waals surface area contributed by atoms with Gasteiger partial charge in [0.2, 0.25) is 0 Å². The quantitative estimate of drug-likeness (QED) is 0.392. The van der Waals surface area contributed by atoms with Crippen molar-refractivity contribution in [2.24, 2.45) is 0 Å². The molecule has 0 bridgehead atoms. The highest BCUT2D eigenvalue weighted by molar-refractivity contribution is 6.08. The molecular weight excluding hydrogens is 425 g/mol. The summed E-state index contributed by atoms with van der Waals surface area (Å²) >= 11 is 0. The Morgan fingerprint density at radius 1 is 1.12 bits per heavy atom. The van der Waals surface area contributed by atoms with Crippen LogP contribution in [-0.4, -0.2) is 36.0 Å². The van der Waals surface area contributed by atoms with E-state index in [2.05, 4.69) is 20.4 Å². The molecule has 0 aliphatic heterocycles. The predicted octanol–water partition coefficient (Wildman–Crippen LogP) is 3.64. The molecule has 9 heteroatoms. The van der Waals surface area contributed by atoms with Gasteiger partial charge in [-0.15, -0.1) is 0 Å². The lowest BCUT2D eigenvalue weighted by molar-refractivity contribution is 0.0687. The molecule has 0 radical (unpaired) electrons. The van der Waals surface area contributed by atoms with Crippen LogP contribution >= 0.6 is 0 Å². The Morgan fingerprint density at radius 2 is 1.88 bits per heavy atom. The van der Waals surface area contributed by atoms with Crippen molar-refractivity contribution in [1.82, 2.24) is 25.0 Å². The summed E-state index contributed by atoms with van der Waals surface area (Å²) in [6.07, 6.45) is 4.33. The van der Waals surface area contributed by atoms with Gasteiger partial charge in [-0.3, -0.25) is 4.79 Å². The molecule has 0 spiro atoms. The Hall–Kier alpha value is -4.27. The topological polar surface area (TPSA) is 117 Å². The fraction of sp³-hybridized carbons (Fsp3) is 0.167. The molecule has 6 rings (SSSR count). The van der Waals surface area contributed by atoms with E-state index >= 15 is 0 Å². The molecule has 0 saturated heterocycles. The van der Waals surface area contributed by atoms with E-state index in [-0.39, 0.29) is 28.9 Å². The third-order valence-electron chi connectivity index (χ3n) is 6.38. The van der Waals surface area contributed by atoms with E-state index in [1.165, 1.54) is 12.3 Å². The number of H-pyrrole nitrogens is 2. The number of carbonyl (C=O) groups is 1. The third-order valence-corrected chi connectivity index (χ3v) is 6.38. The van der Waals surface area contributed by atoms with Crippen molar-refractivity contribution in [3.05, 3.63) is 81.2 Å². The average molecular weight is 443 g/mol. The van der Waals surface area contributed by atoms with Gasteiger partial charge in [0.1, 0.15) is 22.5 Å². The lowest BCUT2D eigenvalue weighted by Gasteiger charge is -2.11. The molecule has 0 saturated carbocycles. The zero-order valence-corrected chi connectivity index (χ0v) is 17.4. The van der Waals surface area contributed by atoms with Crippen molar-refractivity contribution in [3.8, 4) is 11.1 Å². The lowest BCUT2D eigenvalue weighted by Crippen LogP contribution is -2.14. The van der Waals surface area contributed by atoms with Crippen LogP contribution in [0.4, 0.5) is 4.39 Å². The Morgan fingerprint density at radius 3 is 2.64 bits per heavy atom. The molecule has 0 unspecified atom stereocenters. The largest absolute Gasteiger partial charge is 0.477 e. The van der Waals surface area contributed by atoms with Gasteiger partial charge in [0.25, 0.3) is 5.56 Å². The number of aromatic nitrogens is 5. The number of aryl methyl sites for hydroxylation is 2. The average Bonchev–Trinajstić information content (AvgIpc) is 3.50. The first-order chi connectivity index (χ1) is 16.0. The SMILES string of the molecule is O=C(O)c1c(-c2ccc[nH]c2=O)c2cc3c(cc2n1Cc1cc2n[nH]nc2cc1F)CCC3. The standard InChI is InChI=1S/C24H18FN5O3/c25-17-10-19-18(27-29-28-19)8-14(17)11-30-20-9-13-4-1-3-12(13)7-16(20)21(22(30)24(32)33)15-5-2-6-26-23(15)31/h2,5-10H,1,3-4,11H2,(H,26,31)(H,32,33)(H,27,28,29). The number of carboxylic acids is 1. The van der Waals surface area contributed by atoms with Gasteiger partial charge in [-0.2, -0.15) is 15.4 Å². The first kappa shape index (κ1) is 19.4. The number of nitrogens with one attached hydrogen (secondary N) is 2. The minimum atomic E-state index is -1.19. The molecule has 5 aromatic rings. The van der Waals surface area contributed by atoms with Crippen molar-refractivity contribution in [3.63, 3.8) is 0 Å². The fourth-order valence-electron chi connectivity index (χ4n) is 4.89. The Kier molecular flexibility index (Phi) is 4.19. The third kappa shape index (κ3) is 2.96. The molecule has 8 nitrogen and oxygen atoms in total. The number of fused-ring (bicyclic) bond motifs is 3. The van der Waals surface area contributed by atoms with Crippen molar-refractivity contribution in [2.45, 2.75) is 25.8 Å². The summed E-state index contributed by atoms with van der Waals surface area (Å²) in [5.41, 5.74) is 4.30. The number of nitrogens with zero attached hydrogens (tertiary/aromatic N) is 3. The van der Waals surface area contributed by atoms with Gasteiger partial charge in [-0.25, -0.2) is 9.18 Å². The van der Waals surface area contributed by atoms with Gasteiger partial charge in [0.15, 0.2) is 0 Å². The van der Waals surface area contributed by atoms with Crippen LogP contribution in [0.3, 0.4) is 0 Å². The van der Waals surface area contributed by atoms with Crippen molar-refractivity contribution in [2.75, 3.05) is 0 Å². The van der Waals surface area contributed by atoms with E-state index < -0.39 is 11.8 Å². The Labute approximate surface area is 185 Å². The normalized spacial score (nSPS) is 13.1. The van der Waals surface area contributed by atoms with E-state index in [4.69, 9.17) is 0 Å². The summed E-state index contributed by atoms with van der Waals surface area (Å²) in [6.45, 7) is -0.0315. The lowest BCUT2D eigenvalue weighted by atomic mass is 10.00. The molecule has 33 heavy (non-hydrogen) atoms. The van der Waals surface area contributed by atoms with Gasteiger partial charge in [0, 0.05) is 39.9 Å². The van der Waals surface area contributed by atoms with Crippen molar-refractivity contribution in [1.29, 1.82) is 0 Å². The first-order valence-electron chi connectivity index (χ1n) is 10.6. The second-order valence-electron chi connectivity index (χ2n) is 8.28. The molecular formula is C24H18FN5O3. The highest BCUT2D eigenvalue weighted by Gasteiger charge is 2.27. The van der Waals surface area contributed by atoms with Crippen LogP contribution in [0, 0.1) is 5.82 Å². The molecule has 3 heterocycles. The minimum Gasteiger partial charge on any atom is -0.477 e. The number of aromatic carboxylic acids is 1. The summed E-state index contributed by atoms with van der Waals surface area (Å²) in [5.74, 6) is -1.69. The zero-order valence-electron chi connectivity index (χ0n) is 17.4. The maximum absolute atomic E-state index is 14.9. The number of aromatic amines is 2. The monoisotopic (exact) mass is 443 g/mol. The maximum Gasteiger partial charge on any atom is 0.353 e. The molecule has 1 aliphatic carbocycles. The van der Waals surface area contributed by atoms with E-state index in [1.807, 2.05) is 12.1 Å². The molecule has 0 atom stereocenters. The number of halogens is 1. The van der Waals surface area contributed by atoms with Gasteiger partial charge in [0.05, 0.1) is 6.54 Å². The van der Waals surface area contributed by atoms with Gasteiger partial charge in [-0.05, 0) is 60.7 Å². The van der Waals surface area contributed by atoms with E-state index in [0.29, 0.717) is 27.5 Å². The molecule has 3 N–H and O–H groups in total. The van der Waals surface area contributed by atoms with Crippen molar-refractivity contribution >= 4 is 27.9 Å². The number of rotatable bonds is 4. The number of hydrogen-bond donors (Lipinski definition) is 3. The summed E-state index contributed by atoms with van der Waals surface area (Å²) in [7, 11) is 0.